The van der Waals surface area contributed by atoms with E-state index in [9.17, 15) is 0 Å². The molecular weight excluding hydrogens is 176 g/mol. The first kappa shape index (κ1) is 11.5. The van der Waals surface area contributed by atoms with Gasteiger partial charge in [-0.3, -0.25) is 4.99 Å². The van der Waals surface area contributed by atoms with Crippen molar-refractivity contribution in [1.82, 2.24) is 0 Å². The first-order valence-electron chi connectivity index (χ1n) is 5.38. The zero-order valence-electron chi connectivity index (χ0n) is 9.55. The molecule has 0 amide bonds. The monoisotopic (exact) mass is 198 g/mol. The Kier molecular flexibility index (Phi) is 3.93. The number of nitrogens with two attached hydrogens (primary N) is 1. The summed E-state index contributed by atoms with van der Waals surface area (Å²) in [7, 11) is 0. The van der Waals surface area contributed by atoms with E-state index in [0.29, 0.717) is 5.92 Å². The molecule has 82 valence electrons. The molecule has 1 rings (SSSR count). The van der Waals surface area contributed by atoms with Crippen LogP contribution in [0.15, 0.2) is 4.99 Å². The maximum Gasteiger partial charge on any atom is 0.0991 e. The molecule has 0 aromatic rings. The number of hydrogen-bond acceptors (Lipinski definition) is 2. The van der Waals surface area contributed by atoms with Crippen LogP contribution >= 0.6 is 0 Å². The average Bonchev–Trinajstić information content (AvgIpc) is 2.14. The van der Waals surface area contributed by atoms with Crippen molar-refractivity contribution < 1.29 is 4.74 Å². The second kappa shape index (κ2) is 4.78. The van der Waals surface area contributed by atoms with E-state index in [0.717, 1.165) is 32.0 Å². The van der Waals surface area contributed by atoms with Gasteiger partial charge in [0.1, 0.15) is 0 Å². The third-order valence-corrected chi connectivity index (χ3v) is 2.54. The Morgan fingerprint density at radius 2 is 2.21 bits per heavy atom. The fraction of sp³-hybridized carbons (Fsp3) is 0.909. The number of ether oxygens (including phenoxy) is 1. The zero-order valence-corrected chi connectivity index (χ0v) is 9.55. The van der Waals surface area contributed by atoms with Crippen LogP contribution in [0, 0.1) is 11.3 Å². The van der Waals surface area contributed by atoms with Crippen LogP contribution in [0.5, 0.6) is 0 Å². The van der Waals surface area contributed by atoms with E-state index in [1.165, 1.54) is 6.42 Å². The highest BCUT2D eigenvalue weighted by atomic mass is 16.5. The van der Waals surface area contributed by atoms with Crippen molar-refractivity contribution in [3.63, 3.8) is 0 Å². The molecule has 0 radical (unpaired) electrons. The highest BCUT2D eigenvalue weighted by Crippen LogP contribution is 2.16. The Balaban J connectivity index is 2.37. The van der Waals surface area contributed by atoms with Crippen molar-refractivity contribution in [3.8, 4) is 0 Å². The smallest absolute Gasteiger partial charge is 0.0991 e. The van der Waals surface area contributed by atoms with Crippen LogP contribution in [-0.4, -0.2) is 25.6 Å². The molecule has 0 spiro atoms. The van der Waals surface area contributed by atoms with E-state index < -0.39 is 0 Å². The van der Waals surface area contributed by atoms with Crippen LogP contribution in [-0.2, 0) is 4.74 Å². The minimum absolute atomic E-state index is 0.00444. The molecule has 3 heteroatoms. The minimum atomic E-state index is -0.00444. The largest absolute Gasteiger partial charge is 0.387 e. The summed E-state index contributed by atoms with van der Waals surface area (Å²) in [5, 5.41) is 0. The predicted molar refractivity (Wildman–Crippen MR) is 59.5 cm³/mol. The molecule has 1 aliphatic rings. The molecule has 1 heterocycles. The van der Waals surface area contributed by atoms with Gasteiger partial charge in [0.2, 0.25) is 0 Å². The fourth-order valence-electron chi connectivity index (χ4n) is 1.42. The molecule has 0 bridgehead atoms. The predicted octanol–water partition coefficient (Wildman–Crippen LogP) is 1.82. The molecule has 0 aromatic heterocycles. The highest BCUT2D eigenvalue weighted by Gasteiger charge is 2.17. The Morgan fingerprint density at radius 1 is 1.50 bits per heavy atom. The van der Waals surface area contributed by atoms with Gasteiger partial charge in [-0.25, -0.2) is 0 Å². The van der Waals surface area contributed by atoms with Gasteiger partial charge < -0.3 is 10.5 Å². The summed E-state index contributed by atoms with van der Waals surface area (Å²) in [6.45, 7) is 8.84. The maximum absolute atomic E-state index is 5.88. The molecule has 0 saturated carbocycles. The second-order valence-electron chi connectivity index (χ2n) is 5.06. The van der Waals surface area contributed by atoms with E-state index >= 15 is 0 Å². The van der Waals surface area contributed by atoms with E-state index in [4.69, 9.17) is 10.5 Å². The van der Waals surface area contributed by atoms with Gasteiger partial charge in [-0.1, -0.05) is 20.8 Å². The topological polar surface area (TPSA) is 47.6 Å². The van der Waals surface area contributed by atoms with Gasteiger partial charge in [0.15, 0.2) is 0 Å². The van der Waals surface area contributed by atoms with Crippen molar-refractivity contribution in [2.45, 2.75) is 33.6 Å². The highest BCUT2D eigenvalue weighted by molar-refractivity contribution is 5.85. The van der Waals surface area contributed by atoms with E-state index in [1.54, 1.807) is 0 Å². The Labute approximate surface area is 86.7 Å². The van der Waals surface area contributed by atoms with Crippen molar-refractivity contribution in [1.29, 1.82) is 0 Å². The standard InChI is InChI=1S/C11H22N2O/c1-11(2,3)10(12)13-7-9-5-4-6-14-8-9/h9H,4-8H2,1-3H3,(H2,12,13). The van der Waals surface area contributed by atoms with Crippen LogP contribution in [0.2, 0.25) is 0 Å². The fourth-order valence-corrected chi connectivity index (χ4v) is 1.42. The van der Waals surface area contributed by atoms with Gasteiger partial charge in [-0.2, -0.15) is 0 Å². The SMILES string of the molecule is CC(C)(C)C(N)=NCC1CCCOC1. The van der Waals surface area contributed by atoms with E-state index in [2.05, 4.69) is 25.8 Å². The molecule has 14 heavy (non-hydrogen) atoms. The maximum atomic E-state index is 5.88. The zero-order chi connectivity index (χ0) is 10.6. The molecule has 1 atom stereocenters. The molecule has 0 aliphatic carbocycles. The number of rotatable bonds is 2. The summed E-state index contributed by atoms with van der Waals surface area (Å²) in [5.41, 5.74) is 5.87. The van der Waals surface area contributed by atoms with Crippen molar-refractivity contribution in [2.75, 3.05) is 19.8 Å². The van der Waals surface area contributed by atoms with Crippen LogP contribution in [0.1, 0.15) is 33.6 Å². The van der Waals surface area contributed by atoms with E-state index in [-0.39, 0.29) is 5.41 Å². The first-order valence-corrected chi connectivity index (χ1v) is 5.38. The van der Waals surface area contributed by atoms with Gasteiger partial charge in [-0.05, 0) is 12.8 Å². The molecule has 3 nitrogen and oxygen atoms in total. The molecule has 0 aromatic carbocycles. The lowest BCUT2D eigenvalue weighted by atomic mass is 9.95. The number of aliphatic imine (C=N–C) groups is 1. The molecule has 2 N–H and O–H groups in total. The third kappa shape index (κ3) is 3.66. The summed E-state index contributed by atoms with van der Waals surface area (Å²) in [4.78, 5) is 4.43. The van der Waals surface area contributed by atoms with Crippen LogP contribution < -0.4 is 5.73 Å². The lowest BCUT2D eigenvalue weighted by Gasteiger charge is -2.22. The summed E-state index contributed by atoms with van der Waals surface area (Å²) < 4.78 is 5.39. The quantitative estimate of drug-likeness (QED) is 0.543. The average molecular weight is 198 g/mol. The van der Waals surface area contributed by atoms with Gasteiger partial charge in [0, 0.05) is 24.5 Å². The van der Waals surface area contributed by atoms with Gasteiger partial charge >= 0.3 is 0 Å². The molecule has 1 aliphatic heterocycles. The van der Waals surface area contributed by atoms with Crippen molar-refractivity contribution in [3.05, 3.63) is 0 Å². The first-order chi connectivity index (χ1) is 6.50. The molecule has 1 saturated heterocycles. The van der Waals surface area contributed by atoms with Crippen molar-refractivity contribution >= 4 is 5.84 Å². The Morgan fingerprint density at radius 3 is 2.71 bits per heavy atom. The Hall–Kier alpha value is -0.570. The summed E-state index contributed by atoms with van der Waals surface area (Å²) >= 11 is 0. The third-order valence-electron chi connectivity index (χ3n) is 2.54. The number of amidine groups is 1. The van der Waals surface area contributed by atoms with Gasteiger partial charge in [0.25, 0.3) is 0 Å². The lowest BCUT2D eigenvalue weighted by Crippen LogP contribution is -2.30. The molecular formula is C11H22N2O. The van der Waals surface area contributed by atoms with Gasteiger partial charge in [0.05, 0.1) is 12.4 Å². The van der Waals surface area contributed by atoms with Gasteiger partial charge in [-0.15, -0.1) is 0 Å². The Bertz CT molecular complexity index is 200. The second-order valence-corrected chi connectivity index (χ2v) is 5.06. The summed E-state index contributed by atoms with van der Waals surface area (Å²) in [6, 6.07) is 0. The summed E-state index contributed by atoms with van der Waals surface area (Å²) in [6.07, 6.45) is 2.39. The molecule has 1 unspecified atom stereocenters. The normalized spacial score (nSPS) is 25.1. The lowest BCUT2D eigenvalue weighted by molar-refractivity contribution is 0.0581. The summed E-state index contributed by atoms with van der Waals surface area (Å²) in [5.74, 6) is 1.33. The van der Waals surface area contributed by atoms with Crippen molar-refractivity contribution in [2.24, 2.45) is 22.1 Å². The molecule has 1 fully saturated rings. The van der Waals surface area contributed by atoms with Crippen LogP contribution in [0.4, 0.5) is 0 Å². The van der Waals surface area contributed by atoms with Crippen LogP contribution in [0.3, 0.4) is 0 Å². The van der Waals surface area contributed by atoms with E-state index in [1.807, 2.05) is 0 Å². The number of hydrogen-bond donors (Lipinski definition) is 1. The number of nitrogens with zero attached hydrogens (tertiary/aromatic N) is 1. The van der Waals surface area contributed by atoms with Crippen LogP contribution in [0.25, 0.3) is 0 Å². The minimum Gasteiger partial charge on any atom is -0.387 e.